The Bertz CT molecular complexity index is 385. The predicted octanol–water partition coefficient (Wildman–Crippen LogP) is 2.25. The molecule has 0 radical (unpaired) electrons. The highest BCUT2D eigenvalue weighted by Crippen LogP contribution is 2.41. The number of hydrogen-bond donors (Lipinski definition) is 0. The summed E-state index contributed by atoms with van der Waals surface area (Å²) in [7, 11) is 0. The summed E-state index contributed by atoms with van der Waals surface area (Å²) in [4.78, 5) is 0. The summed E-state index contributed by atoms with van der Waals surface area (Å²) in [6.45, 7) is 0.772. The van der Waals surface area contributed by atoms with Crippen LogP contribution >= 0.6 is 23.0 Å². The molecule has 1 atom stereocenters. The van der Waals surface area contributed by atoms with Crippen molar-refractivity contribution in [3.05, 3.63) is 35.3 Å². The zero-order valence-corrected chi connectivity index (χ0v) is 11.3. The molecule has 2 heterocycles. The monoisotopic (exact) mass is 353 g/mol. The summed E-state index contributed by atoms with van der Waals surface area (Å²) in [6.07, 6.45) is 2.55. The lowest BCUT2D eigenvalue weighted by Gasteiger charge is -2.34. The standard InChI is InChI=1S/C11H13FINO3/c12-11(3-6-16-7-4-11)10(17-13)9-2-1-5-14(15)8-9/h1-2,5,8,10H,3-4,6-7H2. The van der Waals surface area contributed by atoms with Crippen LogP contribution in [0.2, 0.25) is 0 Å². The third-order valence-corrected chi connectivity index (χ3v) is 3.49. The lowest BCUT2D eigenvalue weighted by atomic mass is 9.87. The lowest BCUT2D eigenvalue weighted by molar-refractivity contribution is -0.606. The van der Waals surface area contributed by atoms with Crippen LogP contribution in [0.15, 0.2) is 24.5 Å². The summed E-state index contributed by atoms with van der Waals surface area (Å²) >= 11 is 1.68. The van der Waals surface area contributed by atoms with Gasteiger partial charge in [-0.05, 0) is 6.07 Å². The first-order valence-electron chi connectivity index (χ1n) is 5.38. The van der Waals surface area contributed by atoms with E-state index in [9.17, 15) is 9.60 Å². The zero-order valence-electron chi connectivity index (χ0n) is 9.14. The van der Waals surface area contributed by atoms with Crippen molar-refractivity contribution in [3.8, 4) is 0 Å². The van der Waals surface area contributed by atoms with E-state index in [-0.39, 0.29) is 12.8 Å². The van der Waals surface area contributed by atoms with E-state index in [0.29, 0.717) is 23.5 Å². The maximum absolute atomic E-state index is 14.7. The minimum atomic E-state index is -1.46. The molecule has 0 bridgehead atoms. The summed E-state index contributed by atoms with van der Waals surface area (Å²) in [6, 6.07) is 3.29. The number of halogens is 2. The molecule has 1 aromatic heterocycles. The van der Waals surface area contributed by atoms with Crippen molar-refractivity contribution >= 4 is 23.0 Å². The van der Waals surface area contributed by atoms with Gasteiger partial charge in [-0.2, -0.15) is 4.73 Å². The molecule has 4 nitrogen and oxygen atoms in total. The van der Waals surface area contributed by atoms with Crippen molar-refractivity contribution in [1.29, 1.82) is 0 Å². The predicted molar refractivity (Wildman–Crippen MR) is 67.1 cm³/mol. The smallest absolute Gasteiger partial charge is 0.186 e. The van der Waals surface area contributed by atoms with Gasteiger partial charge in [0, 0.05) is 32.1 Å². The largest absolute Gasteiger partial charge is 0.619 e. The molecule has 1 saturated heterocycles. The average Bonchev–Trinajstić information content (AvgIpc) is 2.30. The fourth-order valence-electron chi connectivity index (χ4n) is 2.03. The summed E-state index contributed by atoms with van der Waals surface area (Å²) in [5, 5.41) is 11.2. The van der Waals surface area contributed by atoms with Crippen molar-refractivity contribution in [1.82, 2.24) is 0 Å². The van der Waals surface area contributed by atoms with E-state index in [0.717, 1.165) is 0 Å². The van der Waals surface area contributed by atoms with Crippen LogP contribution in [-0.4, -0.2) is 18.9 Å². The van der Waals surface area contributed by atoms with Gasteiger partial charge in [0.25, 0.3) is 0 Å². The normalized spacial score (nSPS) is 21.1. The van der Waals surface area contributed by atoms with E-state index in [2.05, 4.69) is 0 Å². The van der Waals surface area contributed by atoms with Crippen molar-refractivity contribution < 1.29 is 16.9 Å². The third-order valence-electron chi connectivity index (χ3n) is 2.98. The Morgan fingerprint density at radius 1 is 1.53 bits per heavy atom. The van der Waals surface area contributed by atoms with E-state index >= 15 is 0 Å². The van der Waals surface area contributed by atoms with Crippen LogP contribution in [0.1, 0.15) is 24.5 Å². The zero-order chi connectivity index (χ0) is 12.3. The van der Waals surface area contributed by atoms with Crippen LogP contribution in [-0.2, 0) is 7.80 Å². The number of aromatic nitrogens is 1. The van der Waals surface area contributed by atoms with E-state index < -0.39 is 11.8 Å². The number of pyridine rings is 1. The maximum atomic E-state index is 14.7. The maximum Gasteiger partial charge on any atom is 0.186 e. The summed E-state index contributed by atoms with van der Waals surface area (Å²) < 4.78 is 25.8. The number of nitrogens with zero attached hydrogens (tertiary/aromatic N) is 1. The third kappa shape index (κ3) is 2.86. The molecule has 0 saturated carbocycles. The van der Waals surface area contributed by atoms with E-state index in [1.807, 2.05) is 0 Å². The average molecular weight is 353 g/mol. The van der Waals surface area contributed by atoms with Gasteiger partial charge >= 0.3 is 0 Å². The first kappa shape index (κ1) is 13.0. The quantitative estimate of drug-likeness (QED) is 0.476. The van der Waals surface area contributed by atoms with Gasteiger partial charge in [0.2, 0.25) is 0 Å². The molecule has 1 fully saturated rings. The highest BCUT2D eigenvalue weighted by atomic mass is 127. The summed E-state index contributed by atoms with van der Waals surface area (Å²) in [5.41, 5.74) is -0.908. The van der Waals surface area contributed by atoms with Crippen LogP contribution in [0.4, 0.5) is 4.39 Å². The first-order valence-corrected chi connectivity index (χ1v) is 6.26. The van der Waals surface area contributed by atoms with Gasteiger partial charge in [-0.1, -0.05) is 0 Å². The molecule has 0 N–H and O–H groups in total. The number of rotatable bonds is 3. The van der Waals surface area contributed by atoms with Crippen molar-refractivity contribution in [2.75, 3.05) is 13.2 Å². The van der Waals surface area contributed by atoms with E-state index in [4.69, 9.17) is 7.80 Å². The molecule has 1 aromatic rings. The molecule has 94 valence electrons. The SMILES string of the molecule is [O-][n+]1cccc(C(OI)C2(F)CCOCC2)c1. The van der Waals surface area contributed by atoms with Crippen LogP contribution in [0.25, 0.3) is 0 Å². The van der Waals surface area contributed by atoms with Gasteiger partial charge in [0.15, 0.2) is 12.4 Å². The molecule has 6 heteroatoms. The van der Waals surface area contributed by atoms with Crippen LogP contribution in [0.5, 0.6) is 0 Å². The second-order valence-electron chi connectivity index (χ2n) is 4.11. The minimum Gasteiger partial charge on any atom is -0.619 e. The Hall–Kier alpha value is -0.470. The number of hydrogen-bond acceptors (Lipinski definition) is 3. The van der Waals surface area contributed by atoms with Gasteiger partial charge in [-0.25, -0.2) is 4.39 Å². The fourth-order valence-corrected chi connectivity index (χ4v) is 2.78. The van der Waals surface area contributed by atoms with E-state index in [1.165, 1.54) is 12.4 Å². The molecule has 0 aromatic carbocycles. The Kier molecular flexibility index (Phi) is 4.16. The molecule has 1 aliphatic heterocycles. The van der Waals surface area contributed by atoms with Gasteiger partial charge in [-0.15, -0.1) is 0 Å². The van der Waals surface area contributed by atoms with Gasteiger partial charge < -0.3 is 13.0 Å². The van der Waals surface area contributed by atoms with E-state index in [1.54, 1.807) is 35.1 Å². The first-order chi connectivity index (χ1) is 8.15. The molecule has 1 unspecified atom stereocenters. The molecule has 0 spiro atoms. The Morgan fingerprint density at radius 2 is 2.24 bits per heavy atom. The van der Waals surface area contributed by atoms with Crippen LogP contribution in [0, 0.1) is 5.21 Å². The molecule has 17 heavy (non-hydrogen) atoms. The van der Waals surface area contributed by atoms with Crippen LogP contribution < -0.4 is 4.73 Å². The van der Waals surface area contributed by atoms with Gasteiger partial charge in [0.05, 0.1) is 5.56 Å². The second-order valence-corrected chi connectivity index (χ2v) is 4.62. The molecule has 0 aliphatic carbocycles. The van der Waals surface area contributed by atoms with Crippen molar-refractivity contribution in [3.63, 3.8) is 0 Å². The van der Waals surface area contributed by atoms with Gasteiger partial charge in [-0.3, -0.25) is 0 Å². The highest BCUT2D eigenvalue weighted by molar-refractivity contribution is 14.1. The Labute approximate surface area is 113 Å². The summed E-state index contributed by atoms with van der Waals surface area (Å²) in [5.74, 6) is 0. The molecule has 0 amide bonds. The minimum absolute atomic E-state index is 0.286. The highest BCUT2D eigenvalue weighted by Gasteiger charge is 2.43. The topological polar surface area (TPSA) is 45.4 Å². The lowest BCUT2D eigenvalue weighted by Crippen LogP contribution is -2.39. The molecular formula is C11H13FINO3. The van der Waals surface area contributed by atoms with Crippen molar-refractivity contribution in [2.24, 2.45) is 0 Å². The molecular weight excluding hydrogens is 340 g/mol. The number of ether oxygens (including phenoxy) is 1. The second kappa shape index (κ2) is 5.45. The Balaban J connectivity index is 2.26. The fraction of sp³-hybridized carbons (Fsp3) is 0.545. The van der Waals surface area contributed by atoms with Crippen molar-refractivity contribution in [2.45, 2.75) is 24.6 Å². The van der Waals surface area contributed by atoms with Crippen LogP contribution in [0.3, 0.4) is 0 Å². The Morgan fingerprint density at radius 3 is 2.82 bits per heavy atom. The van der Waals surface area contributed by atoms with Gasteiger partial charge in [0.1, 0.15) is 34.8 Å². The molecule has 1 aliphatic rings. The molecule has 2 rings (SSSR count). The number of alkyl halides is 1.